The number of rotatable bonds is 8. The van der Waals surface area contributed by atoms with E-state index >= 15 is 0 Å². The summed E-state index contributed by atoms with van der Waals surface area (Å²) in [6.45, 7) is 4.37. The predicted molar refractivity (Wildman–Crippen MR) is 101 cm³/mol. The fourth-order valence-corrected chi connectivity index (χ4v) is 3.62. The van der Waals surface area contributed by atoms with Gasteiger partial charge in [-0.25, -0.2) is 4.39 Å². The molecule has 0 fully saturated rings. The molecule has 0 saturated heterocycles. The Hall–Kier alpha value is -2.01. The lowest BCUT2D eigenvalue weighted by atomic mass is 10.1. The molecule has 0 aliphatic heterocycles. The van der Waals surface area contributed by atoms with Gasteiger partial charge in [-0.2, -0.15) is 0 Å². The Kier molecular flexibility index (Phi) is 7.31. The Bertz CT molecular complexity index is 691. The Labute approximate surface area is 153 Å². The van der Waals surface area contributed by atoms with Crippen molar-refractivity contribution in [1.29, 1.82) is 0 Å². The number of nitrogens with one attached hydrogen (secondary N) is 1. The third kappa shape index (κ3) is 5.78. The topological polar surface area (TPSA) is 38.3 Å². The summed E-state index contributed by atoms with van der Waals surface area (Å²) in [6, 6.07) is 14.8. The lowest BCUT2D eigenvalue weighted by Crippen LogP contribution is -2.35. The number of hydrogen-bond acceptors (Lipinski definition) is 3. The number of hydrogen-bond donors (Lipinski definition) is 1. The van der Waals surface area contributed by atoms with E-state index in [1.807, 2.05) is 32.0 Å². The molecule has 5 heteroatoms. The second kappa shape index (κ2) is 9.47. The average Bonchev–Trinajstić information content (AvgIpc) is 2.61. The lowest BCUT2D eigenvalue weighted by molar-refractivity contribution is -0.121. The van der Waals surface area contributed by atoms with E-state index in [-0.39, 0.29) is 22.8 Å². The minimum atomic E-state index is -0.423. The van der Waals surface area contributed by atoms with Crippen LogP contribution in [0.3, 0.4) is 0 Å². The zero-order chi connectivity index (χ0) is 18.2. The Morgan fingerprint density at radius 3 is 2.48 bits per heavy atom. The smallest absolute Gasteiger partial charge is 0.233 e. The molecule has 1 atom stereocenters. The molecule has 0 spiro atoms. The van der Waals surface area contributed by atoms with Crippen molar-refractivity contribution in [1.82, 2.24) is 5.32 Å². The molecule has 1 unspecified atom stereocenters. The predicted octanol–water partition coefficient (Wildman–Crippen LogP) is 4.41. The van der Waals surface area contributed by atoms with Crippen LogP contribution in [-0.2, 0) is 17.1 Å². The van der Waals surface area contributed by atoms with Crippen LogP contribution in [0, 0.1) is 11.7 Å². The summed E-state index contributed by atoms with van der Waals surface area (Å²) in [5.74, 6) is 0.754. The van der Waals surface area contributed by atoms with Gasteiger partial charge < -0.3 is 10.1 Å². The number of methoxy groups -OCH3 is 1. The molecular weight excluding hydrogens is 337 g/mol. The molecule has 0 aromatic heterocycles. The molecule has 0 aliphatic rings. The van der Waals surface area contributed by atoms with Crippen molar-refractivity contribution in [2.24, 2.45) is 5.92 Å². The standard InChI is InChI=1S/C20H24FNO2S/c1-14(2)19(25-13-15-7-5-4-6-8-15)20(23)22-12-16-9-10-18(24-3)17(21)11-16/h4-11,14,19H,12-13H2,1-3H3,(H,22,23). The molecule has 25 heavy (non-hydrogen) atoms. The van der Waals surface area contributed by atoms with E-state index < -0.39 is 5.82 Å². The van der Waals surface area contributed by atoms with Crippen LogP contribution in [0.25, 0.3) is 0 Å². The van der Waals surface area contributed by atoms with Crippen molar-refractivity contribution in [3.05, 3.63) is 65.5 Å². The van der Waals surface area contributed by atoms with Gasteiger partial charge in [0.25, 0.3) is 0 Å². The van der Waals surface area contributed by atoms with Crippen LogP contribution in [0.4, 0.5) is 4.39 Å². The number of ether oxygens (including phenoxy) is 1. The van der Waals surface area contributed by atoms with Crippen molar-refractivity contribution in [3.63, 3.8) is 0 Å². The third-order valence-corrected chi connectivity index (χ3v) is 5.44. The van der Waals surface area contributed by atoms with Gasteiger partial charge in [0.05, 0.1) is 12.4 Å². The first-order valence-electron chi connectivity index (χ1n) is 8.27. The van der Waals surface area contributed by atoms with Crippen molar-refractivity contribution < 1.29 is 13.9 Å². The van der Waals surface area contributed by atoms with Gasteiger partial charge in [-0.05, 0) is 29.2 Å². The lowest BCUT2D eigenvalue weighted by Gasteiger charge is -2.20. The molecule has 2 aromatic carbocycles. The van der Waals surface area contributed by atoms with Gasteiger partial charge in [0, 0.05) is 12.3 Å². The van der Waals surface area contributed by atoms with E-state index in [9.17, 15) is 9.18 Å². The maximum absolute atomic E-state index is 13.7. The van der Waals surface area contributed by atoms with Gasteiger partial charge in [0.15, 0.2) is 11.6 Å². The highest BCUT2D eigenvalue weighted by Gasteiger charge is 2.22. The van der Waals surface area contributed by atoms with Crippen molar-refractivity contribution in [2.75, 3.05) is 7.11 Å². The van der Waals surface area contributed by atoms with Crippen molar-refractivity contribution in [2.45, 2.75) is 31.4 Å². The monoisotopic (exact) mass is 361 g/mol. The highest BCUT2D eigenvalue weighted by Crippen LogP contribution is 2.24. The number of carbonyl (C=O) groups is 1. The summed E-state index contributed by atoms with van der Waals surface area (Å²) >= 11 is 1.63. The number of carbonyl (C=O) groups excluding carboxylic acids is 1. The van der Waals surface area contributed by atoms with E-state index in [1.165, 1.54) is 18.7 Å². The molecule has 134 valence electrons. The molecule has 3 nitrogen and oxygen atoms in total. The number of halogens is 1. The van der Waals surface area contributed by atoms with Gasteiger partial charge in [-0.15, -0.1) is 11.8 Å². The summed E-state index contributed by atoms with van der Waals surface area (Å²) in [4.78, 5) is 12.5. The Morgan fingerprint density at radius 1 is 1.16 bits per heavy atom. The highest BCUT2D eigenvalue weighted by atomic mass is 32.2. The second-order valence-electron chi connectivity index (χ2n) is 6.15. The summed E-state index contributed by atoms with van der Waals surface area (Å²) < 4.78 is 18.6. The number of amides is 1. The van der Waals surface area contributed by atoms with Crippen LogP contribution < -0.4 is 10.1 Å². The molecule has 0 aliphatic carbocycles. The molecule has 1 amide bonds. The van der Waals surface area contributed by atoms with E-state index in [4.69, 9.17) is 4.74 Å². The zero-order valence-electron chi connectivity index (χ0n) is 14.8. The summed E-state index contributed by atoms with van der Waals surface area (Å²) in [5.41, 5.74) is 1.91. The van der Waals surface area contributed by atoms with E-state index in [0.29, 0.717) is 12.1 Å². The first-order chi connectivity index (χ1) is 12.0. The first-order valence-corrected chi connectivity index (χ1v) is 9.31. The quantitative estimate of drug-likeness (QED) is 0.757. The zero-order valence-corrected chi connectivity index (χ0v) is 15.6. The first kappa shape index (κ1) is 19.3. The normalized spacial score (nSPS) is 12.0. The fraction of sp³-hybridized carbons (Fsp3) is 0.350. The van der Waals surface area contributed by atoms with Crippen molar-refractivity contribution >= 4 is 17.7 Å². The van der Waals surface area contributed by atoms with Gasteiger partial charge >= 0.3 is 0 Å². The number of benzene rings is 2. The SMILES string of the molecule is COc1ccc(CNC(=O)C(SCc2ccccc2)C(C)C)cc1F. The van der Waals surface area contributed by atoms with Gasteiger partial charge in [-0.3, -0.25) is 4.79 Å². The van der Waals surface area contributed by atoms with Crippen molar-refractivity contribution in [3.8, 4) is 5.75 Å². The second-order valence-corrected chi connectivity index (χ2v) is 7.28. The highest BCUT2D eigenvalue weighted by molar-refractivity contribution is 7.99. The molecule has 0 saturated carbocycles. The minimum absolute atomic E-state index is 0.0212. The summed E-state index contributed by atoms with van der Waals surface area (Å²) in [7, 11) is 1.43. The maximum Gasteiger partial charge on any atom is 0.233 e. The van der Waals surface area contributed by atoms with Gasteiger partial charge in [0.2, 0.25) is 5.91 Å². The molecule has 0 radical (unpaired) electrons. The van der Waals surface area contributed by atoms with Crippen LogP contribution in [0.2, 0.25) is 0 Å². The van der Waals surface area contributed by atoms with Crippen LogP contribution in [0.5, 0.6) is 5.75 Å². The minimum Gasteiger partial charge on any atom is -0.494 e. The van der Waals surface area contributed by atoms with E-state index in [2.05, 4.69) is 17.4 Å². The molecule has 0 heterocycles. The van der Waals surface area contributed by atoms with Crippen LogP contribution in [0.15, 0.2) is 48.5 Å². The fourth-order valence-electron chi connectivity index (χ4n) is 2.44. The Balaban J connectivity index is 1.92. The summed E-state index contributed by atoms with van der Waals surface area (Å²) in [5, 5.41) is 2.76. The molecular formula is C20H24FNO2S. The molecule has 0 bridgehead atoms. The maximum atomic E-state index is 13.7. The summed E-state index contributed by atoms with van der Waals surface area (Å²) in [6.07, 6.45) is 0. The van der Waals surface area contributed by atoms with Gasteiger partial charge in [-0.1, -0.05) is 50.2 Å². The molecule has 2 rings (SSSR count). The molecule has 2 aromatic rings. The van der Waals surface area contributed by atoms with Crippen LogP contribution in [0.1, 0.15) is 25.0 Å². The van der Waals surface area contributed by atoms with Crippen LogP contribution >= 0.6 is 11.8 Å². The largest absolute Gasteiger partial charge is 0.494 e. The average molecular weight is 361 g/mol. The molecule has 1 N–H and O–H groups in total. The van der Waals surface area contributed by atoms with Crippen LogP contribution in [-0.4, -0.2) is 18.3 Å². The number of thioether (sulfide) groups is 1. The van der Waals surface area contributed by atoms with E-state index in [0.717, 1.165) is 5.75 Å². The third-order valence-electron chi connectivity index (χ3n) is 3.82. The van der Waals surface area contributed by atoms with E-state index in [1.54, 1.807) is 23.9 Å². The Morgan fingerprint density at radius 2 is 1.88 bits per heavy atom. The van der Waals surface area contributed by atoms with Gasteiger partial charge in [0.1, 0.15) is 0 Å².